The molecule has 0 N–H and O–H groups in total. The van der Waals surface area contributed by atoms with E-state index in [2.05, 4.69) is 28.9 Å². The average Bonchev–Trinajstić information content (AvgIpc) is 2.05. The average molecular weight is 248 g/mol. The molecule has 0 heterocycles. The van der Waals surface area contributed by atoms with Gasteiger partial charge in [0.15, 0.2) is 0 Å². The summed E-state index contributed by atoms with van der Waals surface area (Å²) in [5, 5.41) is 1.87. The van der Waals surface area contributed by atoms with Gasteiger partial charge in [0.1, 0.15) is 0 Å². The minimum absolute atomic E-state index is 0.586. The molecule has 0 aliphatic carbocycles. The highest BCUT2D eigenvalue weighted by Gasteiger charge is 2.03. The van der Waals surface area contributed by atoms with Gasteiger partial charge in [0.25, 0.3) is 0 Å². The van der Waals surface area contributed by atoms with E-state index in [9.17, 15) is 0 Å². The third-order valence-electron chi connectivity index (χ3n) is 1.96. The standard InChI is InChI=1S/C10H12BrCl/c1-8(5-6-11)9-3-2-4-10(12)7-9/h2-4,7-8H,5-6H2,1H3. The first-order valence-electron chi connectivity index (χ1n) is 4.05. The molecule has 0 aliphatic rings. The molecule has 0 radical (unpaired) electrons. The lowest BCUT2D eigenvalue weighted by Gasteiger charge is -2.09. The molecule has 1 rings (SSSR count). The molecule has 1 atom stereocenters. The van der Waals surface area contributed by atoms with E-state index in [1.165, 1.54) is 5.56 Å². The second-order valence-corrected chi connectivity index (χ2v) is 4.16. The Hall–Kier alpha value is -0.0100. The highest BCUT2D eigenvalue weighted by atomic mass is 79.9. The Bertz CT molecular complexity index is 247. The lowest BCUT2D eigenvalue weighted by Crippen LogP contribution is -1.93. The lowest BCUT2D eigenvalue weighted by molar-refractivity contribution is 0.744. The smallest absolute Gasteiger partial charge is 0.0408 e. The fraction of sp³-hybridized carbons (Fsp3) is 0.400. The molecule has 1 unspecified atom stereocenters. The van der Waals surface area contributed by atoms with Crippen LogP contribution in [0.1, 0.15) is 24.8 Å². The summed E-state index contributed by atoms with van der Waals surface area (Å²) in [5.41, 5.74) is 1.32. The van der Waals surface area contributed by atoms with Crippen molar-refractivity contribution in [1.82, 2.24) is 0 Å². The number of rotatable bonds is 3. The summed E-state index contributed by atoms with van der Waals surface area (Å²) < 4.78 is 0. The van der Waals surface area contributed by atoms with Gasteiger partial charge in [0, 0.05) is 10.4 Å². The van der Waals surface area contributed by atoms with Crippen LogP contribution in [-0.4, -0.2) is 5.33 Å². The Labute approximate surface area is 87.1 Å². The minimum atomic E-state index is 0.586. The van der Waals surface area contributed by atoms with E-state index in [4.69, 9.17) is 11.6 Å². The molecule has 12 heavy (non-hydrogen) atoms. The van der Waals surface area contributed by atoms with E-state index in [0.29, 0.717) is 5.92 Å². The normalized spacial score (nSPS) is 12.9. The van der Waals surface area contributed by atoms with E-state index < -0.39 is 0 Å². The molecule has 2 heteroatoms. The number of benzene rings is 1. The molecule has 0 aliphatic heterocycles. The van der Waals surface area contributed by atoms with Crippen molar-refractivity contribution < 1.29 is 0 Å². The van der Waals surface area contributed by atoms with Gasteiger partial charge in [-0.2, -0.15) is 0 Å². The van der Waals surface area contributed by atoms with Crippen LogP contribution < -0.4 is 0 Å². The zero-order valence-corrected chi connectivity index (χ0v) is 9.40. The van der Waals surface area contributed by atoms with Crippen molar-refractivity contribution in [3.63, 3.8) is 0 Å². The van der Waals surface area contributed by atoms with Crippen molar-refractivity contribution in [2.45, 2.75) is 19.3 Å². The first-order valence-corrected chi connectivity index (χ1v) is 5.55. The van der Waals surface area contributed by atoms with Crippen LogP contribution in [-0.2, 0) is 0 Å². The van der Waals surface area contributed by atoms with Gasteiger partial charge in [-0.05, 0) is 30.0 Å². The van der Waals surface area contributed by atoms with Gasteiger partial charge >= 0.3 is 0 Å². The largest absolute Gasteiger partial charge is 0.0928 e. The maximum absolute atomic E-state index is 5.88. The Balaban J connectivity index is 2.73. The lowest BCUT2D eigenvalue weighted by atomic mass is 9.99. The molecule has 0 aromatic heterocycles. The van der Waals surface area contributed by atoms with E-state index in [1.54, 1.807) is 0 Å². The second-order valence-electron chi connectivity index (χ2n) is 2.93. The topological polar surface area (TPSA) is 0 Å². The van der Waals surface area contributed by atoms with Crippen LogP contribution in [0, 0.1) is 0 Å². The molecule has 0 amide bonds. The molecule has 1 aromatic rings. The van der Waals surface area contributed by atoms with Gasteiger partial charge in [-0.25, -0.2) is 0 Å². The summed E-state index contributed by atoms with van der Waals surface area (Å²) in [7, 11) is 0. The Morgan fingerprint density at radius 2 is 2.25 bits per heavy atom. The Morgan fingerprint density at radius 1 is 1.50 bits per heavy atom. The predicted molar refractivity (Wildman–Crippen MR) is 58.3 cm³/mol. The molecule has 0 saturated carbocycles. The van der Waals surface area contributed by atoms with Crippen LogP contribution in [0.2, 0.25) is 5.02 Å². The van der Waals surface area contributed by atoms with Crippen molar-refractivity contribution in [1.29, 1.82) is 0 Å². The van der Waals surface area contributed by atoms with Gasteiger partial charge in [-0.15, -0.1) is 0 Å². The van der Waals surface area contributed by atoms with Gasteiger partial charge in [-0.1, -0.05) is 46.6 Å². The number of halogens is 2. The number of hydrogen-bond acceptors (Lipinski definition) is 0. The Kier molecular flexibility index (Phi) is 4.10. The zero-order valence-electron chi connectivity index (χ0n) is 7.06. The second kappa shape index (κ2) is 4.88. The first-order chi connectivity index (χ1) is 5.74. The number of hydrogen-bond donors (Lipinski definition) is 0. The van der Waals surface area contributed by atoms with Crippen molar-refractivity contribution in [3.05, 3.63) is 34.9 Å². The summed E-state index contributed by atoms with van der Waals surface area (Å²) in [5.74, 6) is 0.586. The molecule has 0 spiro atoms. The van der Waals surface area contributed by atoms with E-state index in [-0.39, 0.29) is 0 Å². The van der Waals surface area contributed by atoms with E-state index in [0.717, 1.165) is 16.8 Å². The highest BCUT2D eigenvalue weighted by Crippen LogP contribution is 2.22. The minimum Gasteiger partial charge on any atom is -0.0928 e. The van der Waals surface area contributed by atoms with Gasteiger partial charge in [0.2, 0.25) is 0 Å². The highest BCUT2D eigenvalue weighted by molar-refractivity contribution is 9.09. The summed E-state index contributed by atoms with van der Waals surface area (Å²) in [6.45, 7) is 2.22. The van der Waals surface area contributed by atoms with Crippen LogP contribution in [0.3, 0.4) is 0 Å². The Morgan fingerprint density at radius 3 is 2.83 bits per heavy atom. The molecule has 1 aromatic carbocycles. The molecule has 0 nitrogen and oxygen atoms in total. The van der Waals surface area contributed by atoms with Gasteiger partial charge in [0.05, 0.1) is 0 Å². The summed E-state index contributed by atoms with van der Waals surface area (Å²) in [4.78, 5) is 0. The third kappa shape index (κ3) is 2.80. The molecule has 66 valence electrons. The monoisotopic (exact) mass is 246 g/mol. The quantitative estimate of drug-likeness (QED) is 0.701. The van der Waals surface area contributed by atoms with Crippen LogP contribution in [0.15, 0.2) is 24.3 Å². The maximum atomic E-state index is 5.88. The molecular weight excluding hydrogens is 235 g/mol. The molecule has 0 bridgehead atoms. The van der Waals surface area contributed by atoms with Crippen LogP contribution in [0.25, 0.3) is 0 Å². The summed E-state index contributed by atoms with van der Waals surface area (Å²) >= 11 is 9.31. The van der Waals surface area contributed by atoms with Crippen molar-refractivity contribution in [2.24, 2.45) is 0 Å². The SMILES string of the molecule is CC(CCBr)c1cccc(Cl)c1. The van der Waals surface area contributed by atoms with Crippen LogP contribution >= 0.6 is 27.5 Å². The molecular formula is C10H12BrCl. The van der Waals surface area contributed by atoms with Gasteiger partial charge in [-0.3, -0.25) is 0 Å². The van der Waals surface area contributed by atoms with Crippen molar-refractivity contribution in [2.75, 3.05) is 5.33 Å². The molecule has 0 saturated heterocycles. The fourth-order valence-electron chi connectivity index (χ4n) is 1.14. The fourth-order valence-corrected chi connectivity index (χ4v) is 2.03. The van der Waals surface area contributed by atoms with E-state index >= 15 is 0 Å². The van der Waals surface area contributed by atoms with Crippen LogP contribution in [0.4, 0.5) is 0 Å². The summed E-state index contributed by atoms with van der Waals surface area (Å²) in [6, 6.07) is 8.07. The number of alkyl halides is 1. The zero-order chi connectivity index (χ0) is 8.97. The predicted octanol–water partition coefficient (Wildman–Crippen LogP) is 4.23. The van der Waals surface area contributed by atoms with Crippen LogP contribution in [0.5, 0.6) is 0 Å². The molecule has 0 fully saturated rings. The maximum Gasteiger partial charge on any atom is 0.0408 e. The third-order valence-corrected chi connectivity index (χ3v) is 2.65. The van der Waals surface area contributed by atoms with Crippen molar-refractivity contribution >= 4 is 27.5 Å². The van der Waals surface area contributed by atoms with Gasteiger partial charge < -0.3 is 0 Å². The van der Waals surface area contributed by atoms with Crippen molar-refractivity contribution in [3.8, 4) is 0 Å². The summed E-state index contributed by atoms with van der Waals surface area (Å²) in [6.07, 6.45) is 1.15. The first kappa shape index (κ1) is 10.1. The van der Waals surface area contributed by atoms with E-state index in [1.807, 2.05) is 18.2 Å².